The molecule has 1 saturated heterocycles. The summed E-state index contributed by atoms with van der Waals surface area (Å²) in [6.45, 7) is 1.89. The number of aromatic nitrogens is 2. The quantitative estimate of drug-likeness (QED) is 0.603. The molecule has 29 heavy (non-hydrogen) atoms. The van der Waals surface area contributed by atoms with Crippen LogP contribution in [0.1, 0.15) is 29.6 Å². The summed E-state index contributed by atoms with van der Waals surface area (Å²) in [6, 6.07) is 15.2. The molecule has 3 aromatic rings. The average molecular weight is 391 g/mol. The van der Waals surface area contributed by atoms with Gasteiger partial charge >= 0.3 is 0 Å². The molecule has 4 rings (SSSR count). The summed E-state index contributed by atoms with van der Waals surface area (Å²) in [6.07, 6.45) is 3.66. The second-order valence-corrected chi connectivity index (χ2v) is 7.42. The van der Waals surface area contributed by atoms with Crippen LogP contribution in [0.15, 0.2) is 54.9 Å². The fraction of sp³-hybridized carbons (Fsp3) is 0.348. The van der Waals surface area contributed by atoms with E-state index >= 15 is 0 Å². The number of para-hydroxylation sites is 2. The highest BCUT2D eigenvalue weighted by molar-refractivity contribution is 5.98. The van der Waals surface area contributed by atoms with Crippen molar-refractivity contribution in [3.05, 3.63) is 60.4 Å². The minimum Gasteiger partial charge on any atom is -0.497 e. The number of nitrogens with zero attached hydrogens (tertiary/aromatic N) is 3. The van der Waals surface area contributed by atoms with Gasteiger partial charge in [-0.25, -0.2) is 4.98 Å². The summed E-state index contributed by atoms with van der Waals surface area (Å²) >= 11 is 0. The monoisotopic (exact) mass is 391 g/mol. The smallest absolute Gasteiger partial charge is 0.224 e. The number of ether oxygens (including phenoxy) is 1. The molecule has 0 radical (unpaired) electrons. The summed E-state index contributed by atoms with van der Waals surface area (Å²) < 4.78 is 7.17. The standard InChI is InChI=1S/C23H25N3O3/c1-29-19-8-6-17(7-9-19)23(28)18-10-13-25(14-11-18)22(27)12-15-26-16-24-20-4-2-3-5-21(20)26/h2-9,16,18H,10-15H2,1H3. The van der Waals surface area contributed by atoms with E-state index in [4.69, 9.17) is 4.74 Å². The Bertz CT molecular complexity index is 1000. The number of piperidine rings is 1. The SMILES string of the molecule is COc1ccc(C(=O)C2CCN(C(=O)CCn3cnc4ccccc43)CC2)cc1. The van der Waals surface area contributed by atoms with E-state index in [0.717, 1.165) is 16.8 Å². The molecule has 1 amide bonds. The number of hydrogen-bond acceptors (Lipinski definition) is 4. The number of carbonyl (C=O) groups is 2. The highest BCUT2D eigenvalue weighted by Gasteiger charge is 2.27. The molecule has 2 heterocycles. The number of aryl methyl sites for hydroxylation is 1. The van der Waals surface area contributed by atoms with Gasteiger partial charge in [-0.05, 0) is 49.2 Å². The van der Waals surface area contributed by atoms with Crippen molar-refractivity contribution in [1.29, 1.82) is 0 Å². The van der Waals surface area contributed by atoms with Gasteiger partial charge in [-0.2, -0.15) is 0 Å². The molecule has 0 atom stereocenters. The molecule has 6 nitrogen and oxygen atoms in total. The predicted molar refractivity (Wildman–Crippen MR) is 111 cm³/mol. The molecule has 1 aliphatic heterocycles. The number of ketones is 1. The number of rotatable bonds is 6. The number of imidazole rings is 1. The fourth-order valence-electron chi connectivity index (χ4n) is 3.94. The Morgan fingerprint density at radius 1 is 1.07 bits per heavy atom. The third kappa shape index (κ3) is 4.16. The second-order valence-electron chi connectivity index (χ2n) is 7.42. The predicted octanol–water partition coefficient (Wildman–Crippen LogP) is 3.56. The van der Waals surface area contributed by atoms with Crippen LogP contribution in [0, 0.1) is 5.92 Å². The lowest BCUT2D eigenvalue weighted by molar-refractivity contribution is -0.132. The largest absolute Gasteiger partial charge is 0.497 e. The number of amides is 1. The van der Waals surface area contributed by atoms with Crippen LogP contribution in [0.5, 0.6) is 5.75 Å². The third-order valence-electron chi connectivity index (χ3n) is 5.69. The van der Waals surface area contributed by atoms with Crippen LogP contribution in [0.4, 0.5) is 0 Å². The molecular formula is C23H25N3O3. The van der Waals surface area contributed by atoms with E-state index in [-0.39, 0.29) is 17.6 Å². The Labute approximate surface area is 170 Å². The molecule has 0 spiro atoms. The molecule has 0 N–H and O–H groups in total. The number of benzene rings is 2. The Hall–Kier alpha value is -3.15. The van der Waals surface area contributed by atoms with Crippen LogP contribution in [-0.2, 0) is 11.3 Å². The highest BCUT2D eigenvalue weighted by atomic mass is 16.5. The van der Waals surface area contributed by atoms with Crippen molar-refractivity contribution in [2.45, 2.75) is 25.8 Å². The van der Waals surface area contributed by atoms with Gasteiger partial charge in [-0.15, -0.1) is 0 Å². The Kier molecular flexibility index (Phi) is 5.60. The Morgan fingerprint density at radius 3 is 2.52 bits per heavy atom. The minimum atomic E-state index is -0.0231. The van der Waals surface area contributed by atoms with E-state index in [2.05, 4.69) is 4.98 Å². The molecule has 6 heteroatoms. The number of carbonyl (C=O) groups excluding carboxylic acids is 2. The molecule has 0 aliphatic carbocycles. The van der Waals surface area contributed by atoms with Crippen LogP contribution in [-0.4, -0.2) is 46.3 Å². The zero-order valence-corrected chi connectivity index (χ0v) is 16.6. The second kappa shape index (κ2) is 8.47. The lowest BCUT2D eigenvalue weighted by atomic mass is 9.89. The van der Waals surface area contributed by atoms with Gasteiger partial charge in [-0.1, -0.05) is 12.1 Å². The van der Waals surface area contributed by atoms with E-state index < -0.39 is 0 Å². The van der Waals surface area contributed by atoms with Crippen molar-refractivity contribution < 1.29 is 14.3 Å². The number of methoxy groups -OCH3 is 1. The first kappa shape index (κ1) is 19.2. The summed E-state index contributed by atoms with van der Waals surface area (Å²) in [5.74, 6) is 1.01. The summed E-state index contributed by atoms with van der Waals surface area (Å²) in [5.41, 5.74) is 2.70. The van der Waals surface area contributed by atoms with Crippen LogP contribution in [0.3, 0.4) is 0 Å². The number of likely N-dealkylation sites (tertiary alicyclic amines) is 1. The maximum atomic E-state index is 12.7. The first-order valence-electron chi connectivity index (χ1n) is 10.0. The van der Waals surface area contributed by atoms with Gasteiger partial charge in [0.2, 0.25) is 5.91 Å². The number of fused-ring (bicyclic) bond motifs is 1. The highest BCUT2D eigenvalue weighted by Crippen LogP contribution is 2.23. The Morgan fingerprint density at radius 2 is 1.79 bits per heavy atom. The molecule has 1 fully saturated rings. The van der Waals surface area contributed by atoms with E-state index in [9.17, 15) is 9.59 Å². The van der Waals surface area contributed by atoms with Crippen LogP contribution in [0.2, 0.25) is 0 Å². The molecule has 2 aromatic carbocycles. The zero-order chi connectivity index (χ0) is 20.2. The summed E-state index contributed by atoms with van der Waals surface area (Å²) in [5, 5.41) is 0. The molecule has 1 aromatic heterocycles. The summed E-state index contributed by atoms with van der Waals surface area (Å²) in [4.78, 5) is 31.6. The van der Waals surface area contributed by atoms with Gasteiger partial charge in [-0.3, -0.25) is 9.59 Å². The van der Waals surface area contributed by atoms with Crippen LogP contribution >= 0.6 is 0 Å². The zero-order valence-electron chi connectivity index (χ0n) is 16.6. The topological polar surface area (TPSA) is 64.4 Å². The van der Waals surface area contributed by atoms with Gasteiger partial charge in [0.1, 0.15) is 5.75 Å². The van der Waals surface area contributed by atoms with Crippen molar-refractivity contribution >= 4 is 22.7 Å². The van der Waals surface area contributed by atoms with Crippen molar-refractivity contribution in [3.63, 3.8) is 0 Å². The van der Waals surface area contributed by atoms with E-state index in [0.29, 0.717) is 44.5 Å². The first-order valence-corrected chi connectivity index (χ1v) is 10.0. The number of Topliss-reactive ketones (excluding diaryl/α,β-unsaturated/α-hetero) is 1. The maximum Gasteiger partial charge on any atom is 0.224 e. The molecule has 150 valence electrons. The molecule has 1 aliphatic rings. The van der Waals surface area contributed by atoms with Crippen LogP contribution < -0.4 is 4.74 Å². The van der Waals surface area contributed by atoms with Gasteiger partial charge in [0.25, 0.3) is 0 Å². The molecule has 0 unspecified atom stereocenters. The van der Waals surface area contributed by atoms with Gasteiger partial charge < -0.3 is 14.2 Å². The third-order valence-corrected chi connectivity index (χ3v) is 5.69. The van der Waals surface area contributed by atoms with E-state index in [1.165, 1.54) is 0 Å². The van der Waals surface area contributed by atoms with Crippen molar-refractivity contribution in [1.82, 2.24) is 14.5 Å². The van der Waals surface area contributed by atoms with Gasteiger partial charge in [0.15, 0.2) is 5.78 Å². The molecule has 0 bridgehead atoms. The normalized spacial score (nSPS) is 14.9. The summed E-state index contributed by atoms with van der Waals surface area (Å²) in [7, 11) is 1.61. The first-order chi connectivity index (χ1) is 14.2. The van der Waals surface area contributed by atoms with E-state index in [1.54, 1.807) is 13.4 Å². The fourth-order valence-corrected chi connectivity index (χ4v) is 3.94. The minimum absolute atomic E-state index is 0.0231. The van der Waals surface area contributed by atoms with Crippen molar-refractivity contribution in [2.75, 3.05) is 20.2 Å². The molecule has 0 saturated carbocycles. The Balaban J connectivity index is 1.29. The van der Waals surface area contributed by atoms with Crippen LogP contribution in [0.25, 0.3) is 11.0 Å². The van der Waals surface area contributed by atoms with Gasteiger partial charge in [0, 0.05) is 37.5 Å². The lowest BCUT2D eigenvalue weighted by Crippen LogP contribution is -2.40. The number of hydrogen-bond donors (Lipinski definition) is 0. The van der Waals surface area contributed by atoms with Gasteiger partial charge in [0.05, 0.1) is 24.5 Å². The molecular weight excluding hydrogens is 366 g/mol. The average Bonchev–Trinajstić information content (AvgIpc) is 3.20. The van der Waals surface area contributed by atoms with Crippen molar-refractivity contribution in [3.8, 4) is 5.75 Å². The maximum absolute atomic E-state index is 12.7. The lowest BCUT2D eigenvalue weighted by Gasteiger charge is -2.31. The van der Waals surface area contributed by atoms with E-state index in [1.807, 2.05) is 58.0 Å². The van der Waals surface area contributed by atoms with Crippen molar-refractivity contribution in [2.24, 2.45) is 5.92 Å².